The summed E-state index contributed by atoms with van der Waals surface area (Å²) < 4.78 is 15.9. The van der Waals surface area contributed by atoms with Crippen molar-refractivity contribution in [1.29, 1.82) is 0 Å². The first-order valence-electron chi connectivity index (χ1n) is 4.99. The van der Waals surface area contributed by atoms with Gasteiger partial charge in [-0.25, -0.2) is 0 Å². The Morgan fingerprint density at radius 1 is 1.50 bits per heavy atom. The van der Waals surface area contributed by atoms with Crippen molar-refractivity contribution in [3.8, 4) is 0 Å². The van der Waals surface area contributed by atoms with E-state index in [1.807, 2.05) is 13.8 Å². The SMILES string of the molecule is CC(C)CCC(=O)c1occc1P(=O)(O)O. The third-order valence-electron chi connectivity index (χ3n) is 2.16. The molecule has 1 aromatic rings. The van der Waals surface area contributed by atoms with Crippen LogP contribution in [-0.2, 0) is 4.57 Å². The van der Waals surface area contributed by atoms with Crippen LogP contribution in [0, 0.1) is 5.92 Å². The van der Waals surface area contributed by atoms with Crippen LogP contribution >= 0.6 is 7.60 Å². The van der Waals surface area contributed by atoms with Crippen LogP contribution in [0.3, 0.4) is 0 Å². The van der Waals surface area contributed by atoms with E-state index in [4.69, 9.17) is 14.2 Å². The molecule has 0 aliphatic carbocycles. The highest BCUT2D eigenvalue weighted by Gasteiger charge is 2.27. The molecule has 16 heavy (non-hydrogen) atoms. The maximum atomic E-state index is 11.6. The fourth-order valence-corrected chi connectivity index (χ4v) is 1.97. The molecule has 90 valence electrons. The summed E-state index contributed by atoms with van der Waals surface area (Å²) in [4.78, 5) is 29.6. The average molecular weight is 246 g/mol. The molecule has 1 heterocycles. The van der Waals surface area contributed by atoms with Crippen molar-refractivity contribution >= 4 is 18.7 Å². The van der Waals surface area contributed by atoms with Gasteiger partial charge in [0.1, 0.15) is 5.30 Å². The number of carbonyl (C=O) groups excluding carboxylic acids is 1. The highest BCUT2D eigenvalue weighted by Crippen LogP contribution is 2.35. The quantitative estimate of drug-likeness (QED) is 0.609. The second kappa shape index (κ2) is 4.95. The van der Waals surface area contributed by atoms with Gasteiger partial charge in [-0.2, -0.15) is 0 Å². The number of hydrogen-bond donors (Lipinski definition) is 2. The zero-order valence-electron chi connectivity index (χ0n) is 9.21. The van der Waals surface area contributed by atoms with Crippen LogP contribution < -0.4 is 5.30 Å². The standard InChI is InChI=1S/C10H15O5P/c1-7(2)3-4-8(11)10-9(5-6-15-10)16(12,13)14/h5-7H,3-4H2,1-2H3,(H2,12,13,14). The molecule has 2 N–H and O–H groups in total. The number of Topliss-reactive ketones (excluding diaryl/α,β-unsaturated/α-hetero) is 1. The molecule has 0 amide bonds. The van der Waals surface area contributed by atoms with Gasteiger partial charge in [-0.05, 0) is 18.4 Å². The fourth-order valence-electron chi connectivity index (χ4n) is 1.27. The van der Waals surface area contributed by atoms with E-state index in [1.165, 1.54) is 0 Å². The number of ketones is 1. The van der Waals surface area contributed by atoms with Gasteiger partial charge in [-0.15, -0.1) is 0 Å². The van der Waals surface area contributed by atoms with Gasteiger partial charge in [-0.1, -0.05) is 13.8 Å². The molecule has 0 saturated heterocycles. The van der Waals surface area contributed by atoms with Crippen LogP contribution in [-0.4, -0.2) is 15.6 Å². The van der Waals surface area contributed by atoms with Gasteiger partial charge in [-0.3, -0.25) is 9.36 Å². The lowest BCUT2D eigenvalue weighted by atomic mass is 10.1. The first-order chi connectivity index (χ1) is 7.32. The van der Waals surface area contributed by atoms with Crippen molar-refractivity contribution in [3.05, 3.63) is 18.1 Å². The third kappa shape index (κ3) is 3.30. The Morgan fingerprint density at radius 2 is 2.12 bits per heavy atom. The normalized spacial score (nSPS) is 12.1. The monoisotopic (exact) mass is 246 g/mol. The third-order valence-corrected chi connectivity index (χ3v) is 3.14. The molecule has 0 aliphatic rings. The maximum absolute atomic E-state index is 11.6. The molecule has 5 nitrogen and oxygen atoms in total. The second-order valence-electron chi connectivity index (χ2n) is 4.03. The predicted octanol–water partition coefficient (Wildman–Crippen LogP) is 1.70. The van der Waals surface area contributed by atoms with Gasteiger partial charge in [0.25, 0.3) is 0 Å². The number of rotatable bonds is 5. The smallest absolute Gasteiger partial charge is 0.360 e. The van der Waals surface area contributed by atoms with Crippen LogP contribution in [0.5, 0.6) is 0 Å². The summed E-state index contributed by atoms with van der Waals surface area (Å²) in [5.74, 6) is -0.219. The van der Waals surface area contributed by atoms with E-state index in [1.54, 1.807) is 0 Å². The number of carbonyl (C=O) groups is 1. The molecule has 0 aromatic carbocycles. The first-order valence-corrected chi connectivity index (χ1v) is 6.60. The van der Waals surface area contributed by atoms with Crippen molar-refractivity contribution in [2.75, 3.05) is 0 Å². The molecule has 6 heteroatoms. The van der Waals surface area contributed by atoms with E-state index in [0.29, 0.717) is 12.3 Å². The Labute approximate surface area is 93.6 Å². The Hall–Kier alpha value is -0.900. The van der Waals surface area contributed by atoms with Crippen LogP contribution in [0.25, 0.3) is 0 Å². The molecule has 0 bridgehead atoms. The van der Waals surface area contributed by atoms with Crippen LogP contribution in [0.2, 0.25) is 0 Å². The Morgan fingerprint density at radius 3 is 2.62 bits per heavy atom. The molecule has 0 unspecified atom stereocenters. The first kappa shape index (κ1) is 13.2. The minimum atomic E-state index is -4.42. The average Bonchev–Trinajstić information content (AvgIpc) is 2.61. The van der Waals surface area contributed by atoms with E-state index in [2.05, 4.69) is 0 Å². The topological polar surface area (TPSA) is 87.7 Å². The van der Waals surface area contributed by atoms with Gasteiger partial charge >= 0.3 is 7.60 Å². The molecule has 1 aromatic heterocycles. The summed E-state index contributed by atoms with van der Waals surface area (Å²) in [6.07, 6.45) is 2.02. The molecule has 0 radical (unpaired) electrons. The Bertz CT molecular complexity index is 415. The van der Waals surface area contributed by atoms with Gasteiger partial charge in [0, 0.05) is 6.42 Å². The summed E-state index contributed by atoms with van der Waals surface area (Å²) in [7, 11) is -4.42. The number of hydrogen-bond acceptors (Lipinski definition) is 3. The van der Waals surface area contributed by atoms with E-state index in [9.17, 15) is 9.36 Å². The van der Waals surface area contributed by atoms with Crippen molar-refractivity contribution in [1.82, 2.24) is 0 Å². The van der Waals surface area contributed by atoms with Crippen molar-refractivity contribution in [2.45, 2.75) is 26.7 Å². The Kier molecular flexibility index (Phi) is 4.08. The molecular weight excluding hydrogens is 231 g/mol. The highest BCUT2D eigenvalue weighted by molar-refractivity contribution is 7.60. The van der Waals surface area contributed by atoms with Crippen molar-refractivity contribution < 1.29 is 23.6 Å². The van der Waals surface area contributed by atoms with Crippen LogP contribution in [0.4, 0.5) is 0 Å². The molecular formula is C10H15O5P. The summed E-state index contributed by atoms with van der Waals surface area (Å²) in [5.41, 5.74) is 0. The summed E-state index contributed by atoms with van der Waals surface area (Å²) in [6.45, 7) is 3.94. The lowest BCUT2D eigenvalue weighted by Gasteiger charge is -2.05. The lowest BCUT2D eigenvalue weighted by Crippen LogP contribution is -2.13. The van der Waals surface area contributed by atoms with Gasteiger partial charge < -0.3 is 14.2 Å². The molecule has 0 saturated carbocycles. The van der Waals surface area contributed by atoms with Gasteiger partial charge in [0.15, 0.2) is 11.5 Å². The number of furan rings is 1. The summed E-state index contributed by atoms with van der Waals surface area (Å²) in [6, 6.07) is 1.14. The van der Waals surface area contributed by atoms with Crippen LogP contribution in [0.15, 0.2) is 16.7 Å². The molecule has 0 spiro atoms. The zero-order chi connectivity index (χ0) is 12.3. The fraction of sp³-hybridized carbons (Fsp3) is 0.500. The van der Waals surface area contributed by atoms with Crippen molar-refractivity contribution in [3.63, 3.8) is 0 Å². The van der Waals surface area contributed by atoms with E-state index < -0.39 is 7.60 Å². The van der Waals surface area contributed by atoms with E-state index in [0.717, 1.165) is 12.3 Å². The van der Waals surface area contributed by atoms with Crippen LogP contribution in [0.1, 0.15) is 37.2 Å². The van der Waals surface area contributed by atoms with Gasteiger partial charge in [0.2, 0.25) is 0 Å². The molecule has 0 aliphatic heterocycles. The largest absolute Gasteiger partial charge is 0.460 e. The minimum Gasteiger partial charge on any atom is -0.460 e. The summed E-state index contributed by atoms with van der Waals surface area (Å²) in [5, 5.41) is -0.318. The molecule has 1 rings (SSSR count). The maximum Gasteiger partial charge on any atom is 0.360 e. The van der Waals surface area contributed by atoms with E-state index in [-0.39, 0.29) is 23.3 Å². The van der Waals surface area contributed by atoms with Gasteiger partial charge in [0.05, 0.1) is 6.26 Å². The molecule has 0 fully saturated rings. The van der Waals surface area contributed by atoms with E-state index >= 15 is 0 Å². The molecule has 0 atom stereocenters. The predicted molar refractivity (Wildman–Crippen MR) is 58.8 cm³/mol. The zero-order valence-corrected chi connectivity index (χ0v) is 10.1. The Balaban J connectivity index is 2.85. The summed E-state index contributed by atoms with van der Waals surface area (Å²) >= 11 is 0. The minimum absolute atomic E-state index is 0.214. The van der Waals surface area contributed by atoms with Crippen molar-refractivity contribution in [2.24, 2.45) is 5.92 Å². The lowest BCUT2D eigenvalue weighted by molar-refractivity contribution is 0.0949. The highest BCUT2D eigenvalue weighted by atomic mass is 31.2. The second-order valence-corrected chi connectivity index (χ2v) is 5.60.